The van der Waals surface area contributed by atoms with Crippen LogP contribution in [0.15, 0.2) is 24.3 Å². The van der Waals surface area contributed by atoms with Gasteiger partial charge in [-0.05, 0) is 31.9 Å². The zero-order valence-electron chi connectivity index (χ0n) is 10.0. The molecular weight excluding hydrogens is 236 g/mol. The molecule has 1 amide bonds. The summed E-state index contributed by atoms with van der Waals surface area (Å²) < 4.78 is 0. The zero-order valence-corrected chi connectivity index (χ0v) is 10.8. The highest BCUT2D eigenvalue weighted by atomic mass is 35.5. The average molecular weight is 255 g/mol. The smallest absolute Gasteiger partial charge is 0.251 e. The maximum absolute atomic E-state index is 11.7. The summed E-state index contributed by atoms with van der Waals surface area (Å²) in [5, 5.41) is 6.27. The van der Waals surface area contributed by atoms with Gasteiger partial charge in [-0.2, -0.15) is 0 Å². The molecule has 0 spiro atoms. The molecule has 0 saturated heterocycles. The lowest BCUT2D eigenvalue weighted by Gasteiger charge is -2.06. The summed E-state index contributed by atoms with van der Waals surface area (Å²) in [4.78, 5) is 11.7. The maximum Gasteiger partial charge on any atom is 0.251 e. The SMILES string of the molecule is Cc1cccc(C(=O)NCCNC2CC2)c1.Cl. The summed E-state index contributed by atoms with van der Waals surface area (Å²) in [7, 11) is 0. The first-order valence-electron chi connectivity index (χ1n) is 5.84. The highest BCUT2D eigenvalue weighted by molar-refractivity contribution is 5.94. The van der Waals surface area contributed by atoms with Crippen molar-refractivity contribution in [2.24, 2.45) is 0 Å². The van der Waals surface area contributed by atoms with Gasteiger partial charge in [0.25, 0.3) is 5.91 Å². The van der Waals surface area contributed by atoms with Crippen LogP contribution < -0.4 is 10.6 Å². The Morgan fingerprint density at radius 2 is 2.12 bits per heavy atom. The molecule has 3 nitrogen and oxygen atoms in total. The predicted octanol–water partition coefficient (Wildman–Crippen LogP) is 1.90. The Morgan fingerprint density at radius 1 is 1.35 bits per heavy atom. The molecule has 0 aromatic heterocycles. The molecule has 0 radical (unpaired) electrons. The summed E-state index contributed by atoms with van der Waals surface area (Å²) in [5.41, 5.74) is 1.86. The van der Waals surface area contributed by atoms with E-state index < -0.39 is 0 Å². The van der Waals surface area contributed by atoms with Gasteiger partial charge in [0, 0.05) is 24.7 Å². The molecule has 0 aliphatic heterocycles. The molecule has 0 heterocycles. The number of aryl methyl sites for hydroxylation is 1. The first-order chi connectivity index (χ1) is 7.75. The Kier molecular flexibility index (Phi) is 5.45. The summed E-state index contributed by atoms with van der Waals surface area (Å²) in [5.74, 6) is 0.0151. The van der Waals surface area contributed by atoms with Crippen molar-refractivity contribution in [3.63, 3.8) is 0 Å². The molecule has 1 aliphatic carbocycles. The Balaban J connectivity index is 0.00000144. The van der Waals surface area contributed by atoms with Gasteiger partial charge in [0.2, 0.25) is 0 Å². The van der Waals surface area contributed by atoms with Crippen molar-refractivity contribution >= 4 is 18.3 Å². The van der Waals surface area contributed by atoms with Crippen LogP contribution in [0.25, 0.3) is 0 Å². The molecule has 1 saturated carbocycles. The largest absolute Gasteiger partial charge is 0.351 e. The van der Waals surface area contributed by atoms with Gasteiger partial charge in [0.15, 0.2) is 0 Å². The van der Waals surface area contributed by atoms with Crippen molar-refractivity contribution in [1.29, 1.82) is 0 Å². The van der Waals surface area contributed by atoms with Crippen molar-refractivity contribution in [1.82, 2.24) is 10.6 Å². The monoisotopic (exact) mass is 254 g/mol. The molecule has 17 heavy (non-hydrogen) atoms. The van der Waals surface area contributed by atoms with Gasteiger partial charge in [0.1, 0.15) is 0 Å². The molecule has 2 N–H and O–H groups in total. The molecule has 1 fully saturated rings. The number of nitrogens with one attached hydrogen (secondary N) is 2. The Morgan fingerprint density at radius 3 is 2.76 bits per heavy atom. The molecule has 94 valence electrons. The molecule has 0 bridgehead atoms. The predicted molar refractivity (Wildman–Crippen MR) is 71.8 cm³/mol. The minimum absolute atomic E-state index is 0. The van der Waals surface area contributed by atoms with E-state index in [0.29, 0.717) is 12.6 Å². The van der Waals surface area contributed by atoms with Crippen LogP contribution in [-0.2, 0) is 0 Å². The minimum Gasteiger partial charge on any atom is -0.351 e. The summed E-state index contributed by atoms with van der Waals surface area (Å²) in [6, 6.07) is 8.36. The maximum atomic E-state index is 11.7. The number of amides is 1. The van der Waals surface area contributed by atoms with E-state index in [1.807, 2.05) is 31.2 Å². The molecule has 4 heteroatoms. The quantitative estimate of drug-likeness (QED) is 0.788. The second kappa shape index (κ2) is 6.62. The van der Waals surface area contributed by atoms with Crippen LogP contribution in [0.2, 0.25) is 0 Å². The third-order valence-corrected chi connectivity index (χ3v) is 2.70. The lowest BCUT2D eigenvalue weighted by Crippen LogP contribution is -2.32. The van der Waals surface area contributed by atoms with Crippen molar-refractivity contribution < 1.29 is 4.79 Å². The zero-order chi connectivity index (χ0) is 11.4. The van der Waals surface area contributed by atoms with Gasteiger partial charge >= 0.3 is 0 Å². The van der Waals surface area contributed by atoms with Crippen LogP contribution >= 0.6 is 12.4 Å². The van der Waals surface area contributed by atoms with E-state index in [9.17, 15) is 4.79 Å². The Labute approximate surface area is 108 Å². The highest BCUT2D eigenvalue weighted by Crippen LogP contribution is 2.17. The lowest BCUT2D eigenvalue weighted by atomic mass is 10.1. The topological polar surface area (TPSA) is 41.1 Å². The Bertz CT molecular complexity index is 377. The third kappa shape index (κ3) is 4.75. The normalized spacial score (nSPS) is 13.9. The number of hydrogen-bond acceptors (Lipinski definition) is 2. The first-order valence-corrected chi connectivity index (χ1v) is 5.84. The number of carbonyl (C=O) groups is 1. The average Bonchev–Trinajstić information content (AvgIpc) is 3.08. The van der Waals surface area contributed by atoms with Gasteiger partial charge in [-0.3, -0.25) is 4.79 Å². The van der Waals surface area contributed by atoms with Crippen LogP contribution in [0, 0.1) is 6.92 Å². The van der Waals surface area contributed by atoms with Gasteiger partial charge in [0.05, 0.1) is 0 Å². The number of carbonyl (C=O) groups excluding carboxylic acids is 1. The van der Waals surface area contributed by atoms with Crippen molar-refractivity contribution in [3.05, 3.63) is 35.4 Å². The third-order valence-electron chi connectivity index (χ3n) is 2.70. The number of halogens is 1. The number of rotatable bonds is 5. The molecule has 1 aromatic carbocycles. The molecule has 1 aromatic rings. The van der Waals surface area contributed by atoms with E-state index >= 15 is 0 Å². The standard InChI is InChI=1S/C13H18N2O.ClH/c1-10-3-2-4-11(9-10)13(16)15-8-7-14-12-5-6-12;/h2-4,9,12,14H,5-8H2,1H3,(H,15,16);1H. The van der Waals surface area contributed by atoms with Gasteiger partial charge < -0.3 is 10.6 Å². The first kappa shape index (κ1) is 14.0. The Hall–Kier alpha value is -1.06. The van der Waals surface area contributed by atoms with Crippen LogP contribution in [0.3, 0.4) is 0 Å². The van der Waals surface area contributed by atoms with Crippen molar-refractivity contribution in [3.8, 4) is 0 Å². The van der Waals surface area contributed by atoms with Gasteiger partial charge in [-0.25, -0.2) is 0 Å². The van der Waals surface area contributed by atoms with E-state index in [-0.39, 0.29) is 18.3 Å². The van der Waals surface area contributed by atoms with Crippen molar-refractivity contribution in [2.45, 2.75) is 25.8 Å². The van der Waals surface area contributed by atoms with E-state index in [1.165, 1.54) is 12.8 Å². The van der Waals surface area contributed by atoms with Crippen molar-refractivity contribution in [2.75, 3.05) is 13.1 Å². The van der Waals surface area contributed by atoms with E-state index in [2.05, 4.69) is 10.6 Å². The molecular formula is C13H19ClN2O. The summed E-state index contributed by atoms with van der Waals surface area (Å²) in [6.45, 7) is 3.55. The van der Waals surface area contributed by atoms with E-state index in [0.717, 1.165) is 17.7 Å². The van der Waals surface area contributed by atoms with E-state index in [4.69, 9.17) is 0 Å². The van der Waals surface area contributed by atoms with Crippen LogP contribution in [0.1, 0.15) is 28.8 Å². The minimum atomic E-state index is 0. The fourth-order valence-electron chi connectivity index (χ4n) is 1.63. The fraction of sp³-hybridized carbons (Fsp3) is 0.462. The lowest BCUT2D eigenvalue weighted by molar-refractivity contribution is 0.0954. The van der Waals surface area contributed by atoms with Crippen LogP contribution in [-0.4, -0.2) is 25.0 Å². The van der Waals surface area contributed by atoms with Gasteiger partial charge in [-0.15, -0.1) is 12.4 Å². The molecule has 1 aliphatic rings. The molecule has 2 rings (SSSR count). The van der Waals surface area contributed by atoms with E-state index in [1.54, 1.807) is 0 Å². The second-order valence-electron chi connectivity index (χ2n) is 4.35. The summed E-state index contributed by atoms with van der Waals surface area (Å²) in [6.07, 6.45) is 2.57. The van der Waals surface area contributed by atoms with Gasteiger partial charge in [-0.1, -0.05) is 17.7 Å². The molecule has 0 atom stereocenters. The molecule has 0 unspecified atom stereocenters. The fourth-order valence-corrected chi connectivity index (χ4v) is 1.63. The highest BCUT2D eigenvalue weighted by Gasteiger charge is 2.19. The summed E-state index contributed by atoms with van der Waals surface area (Å²) >= 11 is 0. The number of benzene rings is 1. The number of hydrogen-bond donors (Lipinski definition) is 2. The second-order valence-corrected chi connectivity index (χ2v) is 4.35. The van der Waals surface area contributed by atoms with Crippen LogP contribution in [0.4, 0.5) is 0 Å². The van der Waals surface area contributed by atoms with Crippen LogP contribution in [0.5, 0.6) is 0 Å².